The molecular formula is C10H10N2O. The molecule has 3 nitrogen and oxygen atoms in total. The number of Topliss-reactive ketones (excluding diaryl/α,β-unsaturated/α-hetero) is 1. The molecular weight excluding hydrogens is 164 g/mol. The van der Waals surface area contributed by atoms with Gasteiger partial charge in [0.2, 0.25) is 0 Å². The number of benzene rings is 1. The highest BCUT2D eigenvalue weighted by Gasteiger charge is 2.02. The zero-order valence-corrected chi connectivity index (χ0v) is 7.37. The molecule has 0 saturated carbocycles. The molecule has 0 fully saturated rings. The van der Waals surface area contributed by atoms with Gasteiger partial charge < -0.3 is 0 Å². The van der Waals surface area contributed by atoms with Crippen molar-refractivity contribution in [3.05, 3.63) is 29.8 Å². The van der Waals surface area contributed by atoms with Gasteiger partial charge in [0.15, 0.2) is 12.0 Å². The Morgan fingerprint density at radius 1 is 1.62 bits per heavy atom. The van der Waals surface area contributed by atoms with Crippen LogP contribution in [0, 0.1) is 11.5 Å². The summed E-state index contributed by atoms with van der Waals surface area (Å²) in [6.07, 6.45) is 2.29. The Kier molecular flexibility index (Phi) is 3.04. The van der Waals surface area contributed by atoms with Crippen molar-refractivity contribution in [2.45, 2.75) is 13.3 Å². The third-order valence-electron chi connectivity index (χ3n) is 1.71. The third-order valence-corrected chi connectivity index (χ3v) is 1.71. The van der Waals surface area contributed by atoms with Crippen molar-refractivity contribution < 1.29 is 4.79 Å². The van der Waals surface area contributed by atoms with Crippen LogP contribution < -0.4 is 5.32 Å². The minimum absolute atomic E-state index is 0.0848. The third kappa shape index (κ3) is 2.31. The second kappa shape index (κ2) is 4.27. The minimum atomic E-state index is 0.0848. The summed E-state index contributed by atoms with van der Waals surface area (Å²) < 4.78 is 0. The van der Waals surface area contributed by atoms with Gasteiger partial charge in [0, 0.05) is 17.7 Å². The summed E-state index contributed by atoms with van der Waals surface area (Å²) in [5.41, 5.74) is 1.30. The van der Waals surface area contributed by atoms with Gasteiger partial charge in [-0.2, -0.15) is 5.26 Å². The number of ketones is 1. The van der Waals surface area contributed by atoms with E-state index in [0.29, 0.717) is 17.7 Å². The monoisotopic (exact) mass is 174 g/mol. The number of nitrogens with zero attached hydrogens (tertiary/aromatic N) is 1. The number of rotatable bonds is 3. The van der Waals surface area contributed by atoms with Crippen LogP contribution in [0.2, 0.25) is 0 Å². The molecule has 1 aromatic carbocycles. The first-order valence-corrected chi connectivity index (χ1v) is 4.06. The summed E-state index contributed by atoms with van der Waals surface area (Å²) in [6.45, 7) is 1.81. The van der Waals surface area contributed by atoms with Crippen LogP contribution in [0.15, 0.2) is 24.3 Å². The van der Waals surface area contributed by atoms with Crippen molar-refractivity contribution in [1.29, 1.82) is 5.26 Å². The first-order chi connectivity index (χ1) is 6.27. The molecule has 1 aromatic rings. The number of nitrogens with one attached hydrogen (secondary N) is 1. The van der Waals surface area contributed by atoms with Crippen molar-refractivity contribution in [2.75, 3.05) is 5.32 Å². The summed E-state index contributed by atoms with van der Waals surface area (Å²) in [5, 5.41) is 10.8. The molecule has 0 radical (unpaired) electrons. The highest BCUT2D eigenvalue weighted by molar-refractivity contribution is 5.96. The van der Waals surface area contributed by atoms with Crippen LogP contribution >= 0.6 is 0 Å². The van der Waals surface area contributed by atoms with Crippen molar-refractivity contribution in [1.82, 2.24) is 0 Å². The fourth-order valence-electron chi connectivity index (χ4n) is 1.04. The van der Waals surface area contributed by atoms with Gasteiger partial charge in [0.05, 0.1) is 0 Å². The summed E-state index contributed by atoms with van der Waals surface area (Å²) in [6, 6.07) is 6.92. The van der Waals surface area contributed by atoms with Gasteiger partial charge in [-0.15, -0.1) is 0 Å². The molecule has 0 saturated heterocycles. The van der Waals surface area contributed by atoms with Gasteiger partial charge in [0.1, 0.15) is 0 Å². The Morgan fingerprint density at radius 2 is 2.38 bits per heavy atom. The molecule has 0 unspecified atom stereocenters. The van der Waals surface area contributed by atoms with Crippen LogP contribution in [0.4, 0.5) is 5.69 Å². The Hall–Kier alpha value is -1.82. The van der Waals surface area contributed by atoms with Crippen molar-refractivity contribution in [3.8, 4) is 6.19 Å². The predicted octanol–water partition coefficient (Wildman–Crippen LogP) is 2.17. The van der Waals surface area contributed by atoms with Gasteiger partial charge >= 0.3 is 0 Å². The molecule has 1 rings (SSSR count). The SMILES string of the molecule is CCC(=O)c1cccc(NC#N)c1. The molecule has 1 N–H and O–H groups in total. The van der Waals surface area contributed by atoms with E-state index in [0.717, 1.165) is 0 Å². The lowest BCUT2D eigenvalue weighted by Crippen LogP contribution is -1.97. The normalized spacial score (nSPS) is 8.92. The fourth-order valence-corrected chi connectivity index (χ4v) is 1.04. The number of hydrogen-bond donors (Lipinski definition) is 1. The molecule has 0 bridgehead atoms. The van der Waals surface area contributed by atoms with E-state index in [9.17, 15) is 4.79 Å². The van der Waals surface area contributed by atoms with Crippen LogP contribution in [0.3, 0.4) is 0 Å². The molecule has 0 atom stereocenters. The number of nitriles is 1. The van der Waals surface area contributed by atoms with E-state index in [-0.39, 0.29) is 5.78 Å². The largest absolute Gasteiger partial charge is 0.294 e. The molecule has 0 heterocycles. The number of hydrogen-bond acceptors (Lipinski definition) is 3. The standard InChI is InChI=1S/C10H10N2O/c1-2-10(13)8-4-3-5-9(6-8)12-7-11/h3-6,12H,2H2,1H3. The summed E-state index contributed by atoms with van der Waals surface area (Å²) in [4.78, 5) is 11.3. The molecule has 0 spiro atoms. The Balaban J connectivity index is 2.93. The van der Waals surface area contributed by atoms with E-state index < -0.39 is 0 Å². The molecule has 66 valence electrons. The summed E-state index contributed by atoms with van der Waals surface area (Å²) >= 11 is 0. The highest BCUT2D eigenvalue weighted by atomic mass is 16.1. The first kappa shape index (κ1) is 9.27. The molecule has 13 heavy (non-hydrogen) atoms. The fraction of sp³-hybridized carbons (Fsp3) is 0.200. The van der Waals surface area contributed by atoms with Gasteiger partial charge in [-0.25, -0.2) is 0 Å². The van der Waals surface area contributed by atoms with E-state index in [1.54, 1.807) is 30.5 Å². The van der Waals surface area contributed by atoms with Crippen molar-refractivity contribution >= 4 is 11.5 Å². The molecule has 0 amide bonds. The maximum Gasteiger partial charge on any atom is 0.181 e. The van der Waals surface area contributed by atoms with Crippen molar-refractivity contribution in [3.63, 3.8) is 0 Å². The quantitative estimate of drug-likeness (QED) is 0.434. The minimum Gasteiger partial charge on any atom is -0.294 e. The average Bonchev–Trinajstić information content (AvgIpc) is 2.18. The Morgan fingerprint density at radius 3 is 3.00 bits per heavy atom. The lowest BCUT2D eigenvalue weighted by atomic mass is 10.1. The second-order valence-electron chi connectivity index (χ2n) is 2.59. The Bertz CT molecular complexity index is 352. The maximum absolute atomic E-state index is 11.3. The molecule has 0 aliphatic rings. The van der Waals surface area contributed by atoms with E-state index in [2.05, 4.69) is 5.32 Å². The van der Waals surface area contributed by atoms with Gasteiger partial charge in [0.25, 0.3) is 0 Å². The van der Waals surface area contributed by atoms with Crippen LogP contribution in [-0.2, 0) is 0 Å². The Labute approximate surface area is 77.0 Å². The van der Waals surface area contributed by atoms with Crippen LogP contribution in [0.25, 0.3) is 0 Å². The van der Waals surface area contributed by atoms with Crippen LogP contribution in [0.5, 0.6) is 0 Å². The van der Waals surface area contributed by atoms with E-state index in [4.69, 9.17) is 5.26 Å². The highest BCUT2D eigenvalue weighted by Crippen LogP contribution is 2.11. The second-order valence-corrected chi connectivity index (χ2v) is 2.59. The zero-order valence-electron chi connectivity index (χ0n) is 7.37. The van der Waals surface area contributed by atoms with Gasteiger partial charge in [-0.05, 0) is 12.1 Å². The summed E-state index contributed by atoms with van der Waals surface area (Å²) in [7, 11) is 0. The average molecular weight is 174 g/mol. The molecule has 0 aliphatic heterocycles. The molecule has 0 aromatic heterocycles. The first-order valence-electron chi connectivity index (χ1n) is 4.06. The summed E-state index contributed by atoms with van der Waals surface area (Å²) in [5.74, 6) is 0.0848. The number of carbonyl (C=O) groups excluding carboxylic acids is 1. The number of anilines is 1. The van der Waals surface area contributed by atoms with E-state index in [1.165, 1.54) is 0 Å². The molecule has 3 heteroatoms. The number of carbonyl (C=O) groups is 1. The maximum atomic E-state index is 11.3. The predicted molar refractivity (Wildman–Crippen MR) is 50.3 cm³/mol. The van der Waals surface area contributed by atoms with E-state index in [1.807, 2.05) is 6.92 Å². The zero-order chi connectivity index (χ0) is 9.68. The van der Waals surface area contributed by atoms with E-state index >= 15 is 0 Å². The van der Waals surface area contributed by atoms with Gasteiger partial charge in [-0.3, -0.25) is 10.1 Å². The van der Waals surface area contributed by atoms with Crippen LogP contribution in [0.1, 0.15) is 23.7 Å². The van der Waals surface area contributed by atoms with Gasteiger partial charge in [-0.1, -0.05) is 19.1 Å². The van der Waals surface area contributed by atoms with Crippen LogP contribution in [-0.4, -0.2) is 5.78 Å². The van der Waals surface area contributed by atoms with Crippen molar-refractivity contribution in [2.24, 2.45) is 0 Å². The lowest BCUT2D eigenvalue weighted by Gasteiger charge is -2.00. The lowest BCUT2D eigenvalue weighted by molar-refractivity contribution is 0.0988. The molecule has 0 aliphatic carbocycles. The smallest absolute Gasteiger partial charge is 0.181 e. The topological polar surface area (TPSA) is 52.9 Å².